The molecule has 1 aromatic carbocycles. The Kier molecular flexibility index (Phi) is 4.31. The molecule has 0 aromatic heterocycles. The van der Waals surface area contributed by atoms with E-state index in [1.165, 1.54) is 12.1 Å². The van der Waals surface area contributed by atoms with Gasteiger partial charge in [0, 0.05) is 18.2 Å². The molecular weight excluding hydrogens is 249 g/mol. The maximum atomic E-state index is 13.2. The van der Waals surface area contributed by atoms with Crippen molar-refractivity contribution in [2.24, 2.45) is 0 Å². The van der Waals surface area contributed by atoms with Gasteiger partial charge in [-0.3, -0.25) is 10.1 Å². The molecule has 0 spiro atoms. The Morgan fingerprint density at radius 1 is 1.42 bits per heavy atom. The van der Waals surface area contributed by atoms with Crippen LogP contribution < -0.4 is 5.32 Å². The Bertz CT molecular complexity index is 467. The van der Waals surface area contributed by atoms with Crippen molar-refractivity contribution in [3.63, 3.8) is 0 Å². The number of hydrogen-bond donors (Lipinski definition) is 1. The van der Waals surface area contributed by atoms with Crippen LogP contribution >= 0.6 is 0 Å². The van der Waals surface area contributed by atoms with E-state index in [0.29, 0.717) is 0 Å². The predicted molar refractivity (Wildman–Crippen MR) is 71.8 cm³/mol. The second kappa shape index (κ2) is 5.97. The van der Waals surface area contributed by atoms with Crippen molar-refractivity contribution in [1.29, 1.82) is 0 Å². The van der Waals surface area contributed by atoms with Gasteiger partial charge in [0.15, 0.2) is 0 Å². The molecule has 19 heavy (non-hydrogen) atoms. The van der Waals surface area contributed by atoms with Gasteiger partial charge in [-0.05, 0) is 45.5 Å². The minimum atomic E-state index is -0.482. The van der Waals surface area contributed by atoms with Crippen LogP contribution in [-0.2, 0) is 0 Å². The normalized spacial score (nSPS) is 20.8. The van der Waals surface area contributed by atoms with Gasteiger partial charge in [-0.15, -0.1) is 0 Å². The molecule has 0 bridgehead atoms. The van der Waals surface area contributed by atoms with Crippen LogP contribution in [0.25, 0.3) is 0 Å². The van der Waals surface area contributed by atoms with Gasteiger partial charge in [-0.25, -0.2) is 4.39 Å². The summed E-state index contributed by atoms with van der Waals surface area (Å²) in [7, 11) is 2.06. The first-order chi connectivity index (χ1) is 9.06. The van der Waals surface area contributed by atoms with Crippen molar-refractivity contribution in [3.05, 3.63) is 34.1 Å². The molecular formula is C13H18FN3O2. The van der Waals surface area contributed by atoms with Gasteiger partial charge >= 0.3 is 0 Å². The average molecular weight is 267 g/mol. The molecule has 0 amide bonds. The monoisotopic (exact) mass is 267 g/mol. The van der Waals surface area contributed by atoms with Gasteiger partial charge in [0.2, 0.25) is 0 Å². The van der Waals surface area contributed by atoms with E-state index in [1.807, 2.05) is 0 Å². The summed E-state index contributed by atoms with van der Waals surface area (Å²) < 4.78 is 13.2. The van der Waals surface area contributed by atoms with Crippen molar-refractivity contribution in [2.45, 2.75) is 25.3 Å². The van der Waals surface area contributed by atoms with Gasteiger partial charge in [0.05, 0.1) is 4.92 Å². The molecule has 1 heterocycles. The number of nitro groups is 1. The van der Waals surface area contributed by atoms with E-state index >= 15 is 0 Å². The highest BCUT2D eigenvalue weighted by Crippen LogP contribution is 2.27. The summed E-state index contributed by atoms with van der Waals surface area (Å²) in [4.78, 5) is 12.7. The zero-order chi connectivity index (χ0) is 13.8. The largest absolute Gasteiger partial charge is 0.377 e. The third kappa shape index (κ3) is 3.64. The van der Waals surface area contributed by atoms with Gasteiger partial charge < -0.3 is 10.2 Å². The maximum Gasteiger partial charge on any atom is 0.292 e. The summed E-state index contributed by atoms with van der Waals surface area (Å²) in [6.07, 6.45) is 2.89. The number of rotatable bonds is 3. The smallest absolute Gasteiger partial charge is 0.292 e. The fourth-order valence-electron chi connectivity index (χ4n) is 2.39. The first kappa shape index (κ1) is 13.7. The lowest BCUT2D eigenvalue weighted by Crippen LogP contribution is -2.23. The molecule has 1 N–H and O–H groups in total. The van der Waals surface area contributed by atoms with Crippen LogP contribution in [-0.4, -0.2) is 36.0 Å². The lowest BCUT2D eigenvalue weighted by molar-refractivity contribution is -0.384. The third-order valence-electron chi connectivity index (χ3n) is 3.47. The van der Waals surface area contributed by atoms with Crippen molar-refractivity contribution < 1.29 is 9.31 Å². The molecule has 1 aliphatic heterocycles. The van der Waals surface area contributed by atoms with Crippen LogP contribution in [0, 0.1) is 15.9 Å². The van der Waals surface area contributed by atoms with Gasteiger partial charge in [-0.1, -0.05) is 0 Å². The van der Waals surface area contributed by atoms with Crippen LogP contribution in [0.15, 0.2) is 18.2 Å². The molecule has 0 radical (unpaired) electrons. The molecule has 1 unspecified atom stereocenters. The molecule has 104 valence electrons. The highest BCUT2D eigenvalue weighted by molar-refractivity contribution is 5.61. The fraction of sp³-hybridized carbons (Fsp3) is 0.538. The van der Waals surface area contributed by atoms with Crippen LogP contribution in [0.4, 0.5) is 15.8 Å². The highest BCUT2D eigenvalue weighted by Gasteiger charge is 2.20. The zero-order valence-electron chi connectivity index (χ0n) is 10.9. The SMILES string of the molecule is CN1CCCC(Nc2cc(F)ccc2[N+](=O)[O-])CC1. The van der Waals surface area contributed by atoms with E-state index in [9.17, 15) is 14.5 Å². The zero-order valence-corrected chi connectivity index (χ0v) is 10.9. The van der Waals surface area contributed by atoms with E-state index in [1.54, 1.807) is 0 Å². The number of anilines is 1. The summed E-state index contributed by atoms with van der Waals surface area (Å²) in [5, 5.41) is 14.1. The van der Waals surface area contributed by atoms with E-state index in [2.05, 4.69) is 17.3 Å². The molecule has 1 atom stereocenters. The Morgan fingerprint density at radius 3 is 2.95 bits per heavy atom. The fourth-order valence-corrected chi connectivity index (χ4v) is 2.39. The molecule has 6 heteroatoms. The summed E-state index contributed by atoms with van der Waals surface area (Å²) in [6.45, 7) is 1.98. The average Bonchev–Trinajstić information content (AvgIpc) is 2.54. The van der Waals surface area contributed by atoms with E-state index < -0.39 is 10.7 Å². The number of benzene rings is 1. The topological polar surface area (TPSA) is 58.4 Å². The summed E-state index contributed by atoms with van der Waals surface area (Å²) in [6, 6.07) is 3.68. The molecule has 5 nitrogen and oxygen atoms in total. The van der Waals surface area contributed by atoms with Crippen LogP contribution in [0.2, 0.25) is 0 Å². The predicted octanol–water partition coefficient (Wildman–Crippen LogP) is 2.63. The molecule has 0 saturated carbocycles. The van der Waals surface area contributed by atoms with Crippen LogP contribution in [0.3, 0.4) is 0 Å². The minimum absolute atomic E-state index is 0.0704. The van der Waals surface area contributed by atoms with Gasteiger partial charge in [0.1, 0.15) is 11.5 Å². The van der Waals surface area contributed by atoms with Crippen molar-refractivity contribution in [2.75, 3.05) is 25.5 Å². The molecule has 0 aliphatic carbocycles. The van der Waals surface area contributed by atoms with E-state index in [0.717, 1.165) is 38.4 Å². The number of nitro benzene ring substituents is 1. The maximum absolute atomic E-state index is 13.2. The van der Waals surface area contributed by atoms with Gasteiger partial charge in [-0.2, -0.15) is 0 Å². The lowest BCUT2D eigenvalue weighted by Gasteiger charge is -2.18. The third-order valence-corrected chi connectivity index (χ3v) is 3.47. The first-order valence-corrected chi connectivity index (χ1v) is 6.45. The van der Waals surface area contributed by atoms with E-state index in [4.69, 9.17) is 0 Å². The van der Waals surface area contributed by atoms with Crippen LogP contribution in [0.5, 0.6) is 0 Å². The van der Waals surface area contributed by atoms with Crippen molar-refractivity contribution >= 4 is 11.4 Å². The van der Waals surface area contributed by atoms with Crippen LogP contribution in [0.1, 0.15) is 19.3 Å². The van der Waals surface area contributed by atoms with Crippen molar-refractivity contribution in [3.8, 4) is 0 Å². The quantitative estimate of drug-likeness (QED) is 0.675. The molecule has 1 fully saturated rings. The minimum Gasteiger partial charge on any atom is -0.377 e. The number of likely N-dealkylation sites (tertiary alicyclic amines) is 1. The molecule has 1 saturated heterocycles. The second-order valence-electron chi connectivity index (χ2n) is 4.99. The Morgan fingerprint density at radius 2 is 2.21 bits per heavy atom. The summed E-state index contributed by atoms with van der Waals surface area (Å²) in [5.41, 5.74) is 0.207. The Labute approximate surface area is 111 Å². The number of nitrogens with one attached hydrogen (secondary N) is 1. The Balaban J connectivity index is 2.13. The van der Waals surface area contributed by atoms with E-state index in [-0.39, 0.29) is 17.4 Å². The number of nitrogens with zero attached hydrogens (tertiary/aromatic N) is 2. The lowest BCUT2D eigenvalue weighted by atomic mass is 10.1. The van der Waals surface area contributed by atoms with Gasteiger partial charge in [0.25, 0.3) is 5.69 Å². The standard InChI is InChI=1S/C13H18FN3O2/c1-16-7-2-3-11(6-8-16)15-12-9-10(14)4-5-13(12)17(18)19/h4-5,9,11,15H,2-3,6-8H2,1H3. The number of halogens is 1. The molecule has 1 aliphatic rings. The Hall–Kier alpha value is -1.69. The summed E-state index contributed by atoms with van der Waals surface area (Å²) >= 11 is 0. The summed E-state index contributed by atoms with van der Waals surface area (Å²) in [5.74, 6) is -0.459. The van der Waals surface area contributed by atoms with Crippen molar-refractivity contribution in [1.82, 2.24) is 4.90 Å². The second-order valence-corrected chi connectivity index (χ2v) is 4.99. The molecule has 2 rings (SSSR count). The first-order valence-electron chi connectivity index (χ1n) is 6.45. The molecule has 1 aromatic rings. The number of hydrogen-bond acceptors (Lipinski definition) is 4. The highest BCUT2D eigenvalue weighted by atomic mass is 19.1.